The third-order valence-electron chi connectivity index (χ3n) is 5.42. The molecule has 17 heavy (non-hydrogen) atoms. The van der Waals surface area contributed by atoms with Gasteiger partial charge < -0.3 is 4.90 Å². The highest BCUT2D eigenvalue weighted by molar-refractivity contribution is 5.83. The summed E-state index contributed by atoms with van der Waals surface area (Å²) in [6.07, 6.45) is 4.54. The molecule has 0 heterocycles. The van der Waals surface area contributed by atoms with Crippen LogP contribution in [0, 0.1) is 40.9 Å². The number of rotatable bonds is 3. The second-order valence-corrected chi connectivity index (χ2v) is 6.17. The second-order valence-electron chi connectivity index (χ2n) is 6.17. The van der Waals surface area contributed by atoms with Crippen LogP contribution in [-0.2, 0) is 4.79 Å². The first-order valence-electron chi connectivity index (χ1n) is 6.78. The molecule has 0 aromatic carbocycles. The Morgan fingerprint density at radius 3 is 2.53 bits per heavy atom. The molecule has 0 aromatic rings. The van der Waals surface area contributed by atoms with Crippen LogP contribution in [-0.4, -0.2) is 23.9 Å². The molecule has 0 aromatic heterocycles. The Morgan fingerprint density at radius 1 is 1.41 bits per heavy atom. The van der Waals surface area contributed by atoms with Gasteiger partial charge in [0.15, 0.2) is 0 Å². The first kappa shape index (κ1) is 11.1. The highest BCUT2D eigenvalue weighted by Crippen LogP contribution is 2.69. The van der Waals surface area contributed by atoms with E-state index in [1.807, 2.05) is 18.9 Å². The Kier molecular flexibility index (Phi) is 2.43. The van der Waals surface area contributed by atoms with Crippen molar-refractivity contribution in [2.45, 2.75) is 38.6 Å². The van der Waals surface area contributed by atoms with E-state index in [9.17, 15) is 4.79 Å². The molecule has 3 aliphatic rings. The van der Waals surface area contributed by atoms with Gasteiger partial charge in [-0.1, -0.05) is 0 Å². The summed E-state index contributed by atoms with van der Waals surface area (Å²) in [6.45, 7) is 1.97. The van der Waals surface area contributed by atoms with Crippen LogP contribution in [0.2, 0.25) is 0 Å². The summed E-state index contributed by atoms with van der Waals surface area (Å²) in [7, 11) is 1.86. The van der Waals surface area contributed by atoms with Gasteiger partial charge in [-0.15, -0.1) is 0 Å². The fourth-order valence-electron chi connectivity index (χ4n) is 4.38. The lowest BCUT2D eigenvalue weighted by molar-refractivity contribution is -0.134. The van der Waals surface area contributed by atoms with Gasteiger partial charge in [-0.2, -0.15) is 5.26 Å². The Morgan fingerprint density at radius 2 is 2.00 bits per heavy atom. The van der Waals surface area contributed by atoms with Crippen molar-refractivity contribution in [3.05, 3.63) is 0 Å². The predicted molar refractivity (Wildman–Crippen MR) is 63.8 cm³/mol. The summed E-state index contributed by atoms with van der Waals surface area (Å²) in [5.74, 6) is 3.72. The highest BCUT2D eigenvalue weighted by atomic mass is 16.2. The van der Waals surface area contributed by atoms with E-state index in [-0.39, 0.29) is 6.04 Å². The maximum Gasteiger partial charge on any atom is 0.226 e. The minimum absolute atomic E-state index is 0.0616. The molecular weight excluding hydrogens is 212 g/mol. The van der Waals surface area contributed by atoms with Gasteiger partial charge in [-0.3, -0.25) is 4.79 Å². The van der Waals surface area contributed by atoms with Gasteiger partial charge in [-0.25, -0.2) is 0 Å². The summed E-state index contributed by atoms with van der Waals surface area (Å²) in [5, 5.41) is 8.69. The molecule has 3 fully saturated rings. The van der Waals surface area contributed by atoms with Gasteiger partial charge in [0.25, 0.3) is 0 Å². The number of fused-ring (bicyclic) bond motifs is 5. The van der Waals surface area contributed by atoms with Gasteiger partial charge in [0.05, 0.1) is 12.5 Å². The summed E-state index contributed by atoms with van der Waals surface area (Å²) in [6, 6.07) is 2.21. The van der Waals surface area contributed by atoms with Crippen LogP contribution >= 0.6 is 0 Å². The molecular formula is C14H20N2O. The molecule has 0 spiro atoms. The van der Waals surface area contributed by atoms with Crippen molar-refractivity contribution in [1.29, 1.82) is 5.26 Å². The molecule has 3 aliphatic carbocycles. The number of hydrogen-bond donors (Lipinski definition) is 0. The van der Waals surface area contributed by atoms with Gasteiger partial charge in [0.2, 0.25) is 5.91 Å². The lowest BCUT2D eigenvalue weighted by Crippen LogP contribution is -2.37. The van der Waals surface area contributed by atoms with Crippen LogP contribution in [0.5, 0.6) is 0 Å². The average molecular weight is 232 g/mol. The molecule has 3 saturated carbocycles. The standard InChI is InChI=1S/C14H20N2O/c1-8(5-6-15)16(2)14(17)13-11-9-3-4-10(7-9)12(11)13/h8-13H,3-5,7H2,1-2H3. The van der Waals surface area contributed by atoms with Crippen molar-refractivity contribution >= 4 is 5.91 Å². The molecule has 92 valence electrons. The van der Waals surface area contributed by atoms with Crippen molar-refractivity contribution in [2.75, 3.05) is 7.05 Å². The van der Waals surface area contributed by atoms with Crippen LogP contribution < -0.4 is 0 Å². The molecule has 3 rings (SSSR count). The van der Waals surface area contributed by atoms with E-state index in [0.29, 0.717) is 30.1 Å². The summed E-state index contributed by atoms with van der Waals surface area (Å²) < 4.78 is 0. The molecule has 0 radical (unpaired) electrons. The first-order valence-corrected chi connectivity index (χ1v) is 6.78. The molecule has 2 bridgehead atoms. The van der Waals surface area contributed by atoms with E-state index in [4.69, 9.17) is 5.26 Å². The van der Waals surface area contributed by atoms with Crippen LogP contribution in [0.3, 0.4) is 0 Å². The first-order chi connectivity index (χ1) is 8.15. The fraction of sp³-hybridized carbons (Fsp3) is 0.857. The Labute approximate surface area is 103 Å². The molecule has 3 heteroatoms. The SMILES string of the molecule is CC(CC#N)N(C)C(=O)C1C2C3CCC(C3)C12. The van der Waals surface area contributed by atoms with Crippen LogP contribution in [0.25, 0.3) is 0 Å². The van der Waals surface area contributed by atoms with Crippen LogP contribution in [0.15, 0.2) is 0 Å². The molecule has 5 atom stereocenters. The summed E-state index contributed by atoms with van der Waals surface area (Å²) in [4.78, 5) is 14.2. The number of amides is 1. The molecule has 0 saturated heterocycles. The maximum atomic E-state index is 12.4. The predicted octanol–water partition coefficient (Wildman–Crippen LogP) is 2.04. The zero-order valence-electron chi connectivity index (χ0n) is 10.6. The van der Waals surface area contributed by atoms with E-state index < -0.39 is 0 Å². The Balaban J connectivity index is 1.64. The highest BCUT2D eigenvalue weighted by Gasteiger charge is 2.67. The number of nitriles is 1. The van der Waals surface area contributed by atoms with E-state index in [1.165, 1.54) is 19.3 Å². The summed E-state index contributed by atoms with van der Waals surface area (Å²) >= 11 is 0. The smallest absolute Gasteiger partial charge is 0.226 e. The zero-order valence-corrected chi connectivity index (χ0v) is 10.6. The normalized spacial score (nSPS) is 42.8. The third-order valence-corrected chi connectivity index (χ3v) is 5.42. The lowest BCUT2D eigenvalue weighted by atomic mass is 10.0. The third kappa shape index (κ3) is 1.50. The average Bonchev–Trinajstić information content (AvgIpc) is 2.75. The van der Waals surface area contributed by atoms with E-state index in [0.717, 1.165) is 11.8 Å². The maximum absolute atomic E-state index is 12.4. The summed E-state index contributed by atoms with van der Waals surface area (Å²) in [5.41, 5.74) is 0. The quantitative estimate of drug-likeness (QED) is 0.747. The van der Waals surface area contributed by atoms with Crippen molar-refractivity contribution in [2.24, 2.45) is 29.6 Å². The van der Waals surface area contributed by atoms with E-state index >= 15 is 0 Å². The number of hydrogen-bond acceptors (Lipinski definition) is 2. The van der Waals surface area contributed by atoms with Gasteiger partial charge in [0, 0.05) is 19.0 Å². The van der Waals surface area contributed by atoms with Crippen molar-refractivity contribution in [3.63, 3.8) is 0 Å². The minimum atomic E-state index is 0.0616. The number of nitrogens with zero attached hydrogens (tertiary/aromatic N) is 2. The molecule has 5 unspecified atom stereocenters. The van der Waals surface area contributed by atoms with Gasteiger partial charge in [0.1, 0.15) is 0 Å². The Bertz CT molecular complexity index is 370. The van der Waals surface area contributed by atoms with Crippen molar-refractivity contribution in [3.8, 4) is 6.07 Å². The number of carbonyl (C=O) groups excluding carboxylic acids is 1. The fourth-order valence-corrected chi connectivity index (χ4v) is 4.38. The van der Waals surface area contributed by atoms with Crippen LogP contribution in [0.4, 0.5) is 0 Å². The molecule has 3 nitrogen and oxygen atoms in total. The largest absolute Gasteiger partial charge is 0.342 e. The minimum Gasteiger partial charge on any atom is -0.342 e. The van der Waals surface area contributed by atoms with Crippen LogP contribution in [0.1, 0.15) is 32.6 Å². The van der Waals surface area contributed by atoms with E-state index in [2.05, 4.69) is 6.07 Å². The molecule has 0 aliphatic heterocycles. The topological polar surface area (TPSA) is 44.1 Å². The van der Waals surface area contributed by atoms with Gasteiger partial charge in [-0.05, 0) is 49.9 Å². The second kappa shape index (κ2) is 3.73. The number of carbonyl (C=O) groups is 1. The molecule has 1 amide bonds. The monoisotopic (exact) mass is 232 g/mol. The van der Waals surface area contributed by atoms with Gasteiger partial charge >= 0.3 is 0 Å². The van der Waals surface area contributed by atoms with Crippen molar-refractivity contribution in [1.82, 2.24) is 4.90 Å². The van der Waals surface area contributed by atoms with E-state index in [1.54, 1.807) is 0 Å². The molecule has 0 N–H and O–H groups in total. The van der Waals surface area contributed by atoms with Crippen molar-refractivity contribution < 1.29 is 4.79 Å². The Hall–Kier alpha value is -1.04. The zero-order chi connectivity index (χ0) is 12.2. The lowest BCUT2D eigenvalue weighted by Gasteiger charge is -2.24.